The normalized spacial score (nSPS) is 16.1. The van der Waals surface area contributed by atoms with Crippen LogP contribution in [0.3, 0.4) is 0 Å². The molecule has 0 aliphatic carbocycles. The van der Waals surface area contributed by atoms with Gasteiger partial charge < -0.3 is 31.3 Å². The van der Waals surface area contributed by atoms with E-state index in [1.165, 1.54) is 18.3 Å². The van der Waals surface area contributed by atoms with Crippen LogP contribution in [0, 0.1) is 5.41 Å². The SMILES string of the molecule is CC(C)N1CNC=C1c1cccc(NC(=O)/C(=C/NC2=CNCC(O)=C2)C(=N)C(F)F)n1. The number of rotatable bonds is 8. The minimum atomic E-state index is -3.15. The molecule has 6 N–H and O–H groups in total. The number of amides is 1. The number of allylic oxidation sites excluding steroid dienone is 1. The zero-order valence-corrected chi connectivity index (χ0v) is 17.6. The fourth-order valence-electron chi connectivity index (χ4n) is 3.08. The molecule has 0 saturated carbocycles. The van der Waals surface area contributed by atoms with Gasteiger partial charge in [-0.15, -0.1) is 0 Å². The van der Waals surface area contributed by atoms with Crippen LogP contribution in [0.25, 0.3) is 5.70 Å². The van der Waals surface area contributed by atoms with E-state index in [0.29, 0.717) is 18.1 Å². The van der Waals surface area contributed by atoms with Crippen LogP contribution in [0.4, 0.5) is 14.6 Å². The summed E-state index contributed by atoms with van der Waals surface area (Å²) in [6, 6.07) is 5.24. The molecule has 3 heterocycles. The Morgan fingerprint density at radius 3 is 2.78 bits per heavy atom. The number of aromatic nitrogens is 1. The molecule has 170 valence electrons. The Bertz CT molecular complexity index is 1020. The molecule has 0 aromatic carbocycles. The Kier molecular flexibility index (Phi) is 7.08. The van der Waals surface area contributed by atoms with Crippen molar-refractivity contribution in [3.63, 3.8) is 0 Å². The molecule has 9 nitrogen and oxygen atoms in total. The number of dihydropyridines is 1. The maximum atomic E-state index is 13.2. The molecule has 2 aliphatic heterocycles. The van der Waals surface area contributed by atoms with Crippen molar-refractivity contribution in [1.29, 1.82) is 5.41 Å². The van der Waals surface area contributed by atoms with Gasteiger partial charge in [-0.1, -0.05) is 6.07 Å². The molecular weight excluding hydrogens is 420 g/mol. The molecule has 3 rings (SSSR count). The van der Waals surface area contributed by atoms with E-state index in [-0.39, 0.29) is 24.2 Å². The maximum Gasteiger partial charge on any atom is 0.280 e. The molecule has 2 aliphatic rings. The second-order valence-corrected chi connectivity index (χ2v) is 7.35. The number of alkyl halides is 2. The van der Waals surface area contributed by atoms with Crippen LogP contribution < -0.4 is 21.3 Å². The van der Waals surface area contributed by atoms with E-state index in [1.54, 1.807) is 12.1 Å². The smallest absolute Gasteiger partial charge is 0.280 e. The second-order valence-electron chi connectivity index (χ2n) is 7.35. The van der Waals surface area contributed by atoms with E-state index in [9.17, 15) is 18.7 Å². The Labute approximate surface area is 184 Å². The molecule has 0 saturated heterocycles. The van der Waals surface area contributed by atoms with Gasteiger partial charge >= 0.3 is 0 Å². The van der Waals surface area contributed by atoms with Crippen LogP contribution in [-0.4, -0.2) is 52.3 Å². The van der Waals surface area contributed by atoms with Gasteiger partial charge in [0.05, 0.1) is 35.9 Å². The number of aliphatic hydroxyl groups is 1. The van der Waals surface area contributed by atoms with E-state index >= 15 is 0 Å². The Morgan fingerprint density at radius 2 is 2.09 bits per heavy atom. The highest BCUT2D eigenvalue weighted by atomic mass is 19.3. The van der Waals surface area contributed by atoms with Crippen molar-refractivity contribution in [2.24, 2.45) is 0 Å². The highest BCUT2D eigenvalue weighted by Gasteiger charge is 2.24. The molecule has 0 bridgehead atoms. The van der Waals surface area contributed by atoms with Crippen molar-refractivity contribution >= 4 is 23.1 Å². The van der Waals surface area contributed by atoms with E-state index in [0.717, 1.165) is 11.9 Å². The highest BCUT2D eigenvalue weighted by Crippen LogP contribution is 2.23. The number of aliphatic hydroxyl groups excluding tert-OH is 1. The summed E-state index contributed by atoms with van der Waals surface area (Å²) in [7, 11) is 0. The van der Waals surface area contributed by atoms with Crippen LogP contribution >= 0.6 is 0 Å². The van der Waals surface area contributed by atoms with Crippen molar-refractivity contribution < 1.29 is 18.7 Å². The van der Waals surface area contributed by atoms with Gasteiger partial charge in [0, 0.05) is 30.7 Å². The average Bonchev–Trinajstić information content (AvgIpc) is 3.24. The number of anilines is 1. The molecule has 0 spiro atoms. The third kappa shape index (κ3) is 5.42. The fourth-order valence-corrected chi connectivity index (χ4v) is 3.08. The topological polar surface area (TPSA) is 125 Å². The zero-order valence-electron chi connectivity index (χ0n) is 17.6. The number of carbonyl (C=O) groups excluding carboxylic acids is 1. The van der Waals surface area contributed by atoms with Crippen LogP contribution in [-0.2, 0) is 4.79 Å². The van der Waals surface area contributed by atoms with Crippen LogP contribution in [0.5, 0.6) is 0 Å². The molecule has 0 fully saturated rings. The first kappa shape index (κ1) is 22.8. The van der Waals surface area contributed by atoms with Gasteiger partial charge in [0.2, 0.25) is 0 Å². The van der Waals surface area contributed by atoms with E-state index in [2.05, 4.69) is 31.2 Å². The van der Waals surface area contributed by atoms with Gasteiger partial charge in [-0.2, -0.15) is 0 Å². The molecule has 1 aromatic heterocycles. The first-order valence-corrected chi connectivity index (χ1v) is 9.92. The third-order valence-electron chi connectivity index (χ3n) is 4.69. The summed E-state index contributed by atoms with van der Waals surface area (Å²) in [5, 5.41) is 28.2. The third-order valence-corrected chi connectivity index (χ3v) is 4.69. The number of hydrogen-bond acceptors (Lipinski definition) is 8. The van der Waals surface area contributed by atoms with Gasteiger partial charge in [0.25, 0.3) is 12.3 Å². The summed E-state index contributed by atoms with van der Waals surface area (Å²) in [6.07, 6.45) is 2.56. The Hall–Kier alpha value is -3.89. The van der Waals surface area contributed by atoms with E-state index in [4.69, 9.17) is 5.41 Å². The predicted molar refractivity (Wildman–Crippen MR) is 118 cm³/mol. The minimum Gasteiger partial charge on any atom is -0.510 e. The van der Waals surface area contributed by atoms with Gasteiger partial charge in [-0.05, 0) is 26.0 Å². The number of nitrogens with one attached hydrogen (secondary N) is 5. The van der Waals surface area contributed by atoms with Crippen LogP contribution in [0.15, 0.2) is 59.9 Å². The Morgan fingerprint density at radius 1 is 1.31 bits per heavy atom. The summed E-state index contributed by atoms with van der Waals surface area (Å²) >= 11 is 0. The number of halogens is 2. The highest BCUT2D eigenvalue weighted by molar-refractivity contribution is 6.25. The van der Waals surface area contributed by atoms with Gasteiger partial charge in [-0.3, -0.25) is 10.2 Å². The maximum absolute atomic E-state index is 13.2. The molecular formula is C21H25F2N7O2. The fraction of sp³-hybridized carbons (Fsp3) is 0.286. The summed E-state index contributed by atoms with van der Waals surface area (Å²) < 4.78 is 26.4. The monoisotopic (exact) mass is 445 g/mol. The predicted octanol–water partition coefficient (Wildman–Crippen LogP) is 2.23. The van der Waals surface area contributed by atoms with Gasteiger partial charge in [0.15, 0.2) is 0 Å². The van der Waals surface area contributed by atoms with Gasteiger partial charge in [0.1, 0.15) is 17.3 Å². The number of pyridine rings is 1. The Balaban J connectivity index is 1.80. The van der Waals surface area contributed by atoms with Crippen molar-refractivity contribution in [1.82, 2.24) is 25.8 Å². The first-order valence-electron chi connectivity index (χ1n) is 9.92. The molecule has 0 radical (unpaired) electrons. The largest absolute Gasteiger partial charge is 0.510 e. The number of carbonyl (C=O) groups is 1. The van der Waals surface area contributed by atoms with Crippen molar-refractivity contribution in [2.75, 3.05) is 18.5 Å². The first-order chi connectivity index (χ1) is 15.3. The lowest BCUT2D eigenvalue weighted by molar-refractivity contribution is -0.112. The molecule has 0 atom stereocenters. The molecule has 1 aromatic rings. The summed E-state index contributed by atoms with van der Waals surface area (Å²) in [5.74, 6) is -0.720. The van der Waals surface area contributed by atoms with Crippen molar-refractivity contribution in [3.8, 4) is 0 Å². The van der Waals surface area contributed by atoms with Crippen molar-refractivity contribution in [3.05, 3.63) is 65.6 Å². The van der Waals surface area contributed by atoms with Crippen LogP contribution in [0.2, 0.25) is 0 Å². The van der Waals surface area contributed by atoms with E-state index in [1.807, 2.05) is 20.0 Å². The lowest BCUT2D eigenvalue weighted by Gasteiger charge is -2.25. The zero-order chi connectivity index (χ0) is 23.3. The summed E-state index contributed by atoms with van der Waals surface area (Å²) in [4.78, 5) is 19.2. The minimum absolute atomic E-state index is 0.0329. The van der Waals surface area contributed by atoms with Gasteiger partial charge in [-0.25, -0.2) is 13.8 Å². The molecule has 11 heteroatoms. The molecule has 1 amide bonds. The second kappa shape index (κ2) is 9.94. The van der Waals surface area contributed by atoms with Crippen molar-refractivity contribution in [2.45, 2.75) is 26.3 Å². The quantitative estimate of drug-likeness (QED) is 0.268. The lowest BCUT2D eigenvalue weighted by Crippen LogP contribution is -2.30. The lowest BCUT2D eigenvalue weighted by atomic mass is 10.1. The number of nitrogens with zero attached hydrogens (tertiary/aromatic N) is 2. The average molecular weight is 445 g/mol. The molecule has 32 heavy (non-hydrogen) atoms. The number of hydrogen-bond donors (Lipinski definition) is 6. The van der Waals surface area contributed by atoms with Crippen LogP contribution in [0.1, 0.15) is 19.5 Å². The summed E-state index contributed by atoms with van der Waals surface area (Å²) in [5.41, 5.74) is 0.0931. The standard InChI is InChI=1S/C21H25F2N7O2/c1-12(2)30-11-26-10-17(30)16-4-3-5-18(28-16)29-21(32)15(19(24)20(22)23)9-27-13-6-14(31)8-25-7-13/h3-7,9-10,12,20,24-27,31H,8,11H2,1-2H3,(H,28,29,32)/b15-9+,24-19?. The van der Waals surface area contributed by atoms with E-state index < -0.39 is 23.6 Å². The molecule has 0 unspecified atom stereocenters. The summed E-state index contributed by atoms with van der Waals surface area (Å²) in [6.45, 7) is 4.94.